The molecule has 2 amide bonds. The zero-order chi connectivity index (χ0) is 14.9. The van der Waals surface area contributed by atoms with Crippen LogP contribution in [-0.2, 0) is 16.0 Å². The van der Waals surface area contributed by atoms with E-state index in [1.807, 2.05) is 30.3 Å². The Labute approximate surface area is 124 Å². The van der Waals surface area contributed by atoms with Crippen LogP contribution in [0.15, 0.2) is 30.3 Å². The van der Waals surface area contributed by atoms with Crippen molar-refractivity contribution in [1.82, 2.24) is 21.3 Å². The minimum Gasteiger partial charge on any atom is -0.354 e. The van der Waals surface area contributed by atoms with Gasteiger partial charge in [0.25, 0.3) is 0 Å². The van der Waals surface area contributed by atoms with Crippen LogP contribution in [0.3, 0.4) is 0 Å². The Bertz CT molecular complexity index is 464. The lowest BCUT2D eigenvalue weighted by atomic mass is 10.1. The van der Waals surface area contributed by atoms with Crippen molar-refractivity contribution in [3.8, 4) is 0 Å². The molecule has 1 aromatic carbocycles. The molecule has 0 unspecified atom stereocenters. The first-order chi connectivity index (χ1) is 10.3. The van der Waals surface area contributed by atoms with E-state index in [1.54, 1.807) is 0 Å². The molecule has 114 valence electrons. The number of nitrogens with one attached hydrogen (secondary N) is 4. The Kier molecular flexibility index (Phi) is 6.18. The van der Waals surface area contributed by atoms with E-state index in [2.05, 4.69) is 21.3 Å². The average molecular weight is 290 g/mol. The van der Waals surface area contributed by atoms with Crippen molar-refractivity contribution in [3.63, 3.8) is 0 Å². The maximum absolute atomic E-state index is 12.2. The number of hydrogen-bond acceptors (Lipinski definition) is 4. The van der Waals surface area contributed by atoms with Crippen molar-refractivity contribution in [2.24, 2.45) is 0 Å². The fourth-order valence-electron chi connectivity index (χ4n) is 2.20. The number of benzene rings is 1. The summed E-state index contributed by atoms with van der Waals surface area (Å²) in [7, 11) is 0. The first kappa shape index (κ1) is 15.5. The highest BCUT2D eigenvalue weighted by atomic mass is 16.2. The van der Waals surface area contributed by atoms with Crippen LogP contribution in [0.1, 0.15) is 5.56 Å². The second-order valence-corrected chi connectivity index (χ2v) is 5.01. The highest BCUT2D eigenvalue weighted by molar-refractivity contribution is 5.84. The van der Waals surface area contributed by atoms with Gasteiger partial charge in [-0.05, 0) is 12.0 Å². The van der Waals surface area contributed by atoms with Gasteiger partial charge in [0.2, 0.25) is 11.8 Å². The van der Waals surface area contributed by atoms with E-state index in [9.17, 15) is 9.59 Å². The molecule has 1 saturated heterocycles. The first-order valence-electron chi connectivity index (χ1n) is 7.28. The van der Waals surface area contributed by atoms with Gasteiger partial charge in [0.1, 0.15) is 0 Å². The van der Waals surface area contributed by atoms with E-state index < -0.39 is 6.04 Å². The quantitative estimate of drug-likeness (QED) is 0.564. The molecule has 4 N–H and O–H groups in total. The summed E-state index contributed by atoms with van der Waals surface area (Å²) >= 11 is 0. The van der Waals surface area contributed by atoms with Gasteiger partial charge in [-0.1, -0.05) is 30.3 Å². The van der Waals surface area contributed by atoms with Gasteiger partial charge in [0, 0.05) is 26.2 Å². The number of carbonyl (C=O) groups is 2. The smallest absolute Gasteiger partial charge is 0.237 e. The molecule has 6 heteroatoms. The third-order valence-electron chi connectivity index (χ3n) is 3.33. The molecular weight excluding hydrogens is 268 g/mol. The molecule has 6 nitrogen and oxygen atoms in total. The van der Waals surface area contributed by atoms with Crippen molar-refractivity contribution in [3.05, 3.63) is 35.9 Å². The topological polar surface area (TPSA) is 82.3 Å². The third kappa shape index (κ3) is 5.53. The molecule has 1 heterocycles. The van der Waals surface area contributed by atoms with Crippen LogP contribution >= 0.6 is 0 Å². The predicted octanol–water partition coefficient (Wildman–Crippen LogP) is -0.977. The van der Waals surface area contributed by atoms with Crippen LogP contribution in [-0.4, -0.2) is 50.6 Å². The lowest BCUT2D eigenvalue weighted by Gasteiger charge is -2.19. The van der Waals surface area contributed by atoms with Crippen LogP contribution in [0.25, 0.3) is 0 Å². The summed E-state index contributed by atoms with van der Waals surface area (Å²) in [5.41, 5.74) is 1.07. The summed E-state index contributed by atoms with van der Waals surface area (Å²) in [5, 5.41) is 11.9. The van der Waals surface area contributed by atoms with E-state index in [0.717, 1.165) is 5.56 Å². The monoisotopic (exact) mass is 290 g/mol. The summed E-state index contributed by atoms with van der Waals surface area (Å²) in [4.78, 5) is 23.9. The Hall–Kier alpha value is -1.92. The number of amides is 2. The van der Waals surface area contributed by atoms with E-state index in [0.29, 0.717) is 32.6 Å². The van der Waals surface area contributed by atoms with Crippen LogP contribution in [0.2, 0.25) is 0 Å². The van der Waals surface area contributed by atoms with Crippen molar-refractivity contribution < 1.29 is 9.59 Å². The summed E-state index contributed by atoms with van der Waals surface area (Å²) < 4.78 is 0. The number of rotatable bonds is 2. The van der Waals surface area contributed by atoms with Gasteiger partial charge < -0.3 is 16.0 Å². The molecule has 21 heavy (non-hydrogen) atoms. The molecule has 1 aromatic rings. The largest absolute Gasteiger partial charge is 0.354 e. The van der Waals surface area contributed by atoms with E-state index in [4.69, 9.17) is 0 Å². The highest BCUT2D eigenvalue weighted by Gasteiger charge is 2.19. The molecule has 2 rings (SSSR count). The number of carbonyl (C=O) groups excluding carboxylic acids is 2. The Morgan fingerprint density at radius 2 is 1.67 bits per heavy atom. The molecule has 0 saturated carbocycles. The summed E-state index contributed by atoms with van der Waals surface area (Å²) in [6.07, 6.45) is 0.563. The minimum atomic E-state index is -0.405. The summed E-state index contributed by atoms with van der Waals surface area (Å²) in [5.74, 6) is -0.169. The standard InChI is InChI=1S/C15H22N4O2/c20-14-11-19-13(10-12-4-2-1-3-5-12)15(21)18-9-7-16-6-8-17-14/h1-5,13,16,19H,6-11H2,(H,17,20)(H,18,21)/t13-/m0/s1. The zero-order valence-corrected chi connectivity index (χ0v) is 12.0. The Morgan fingerprint density at radius 3 is 2.43 bits per heavy atom. The fourth-order valence-corrected chi connectivity index (χ4v) is 2.20. The van der Waals surface area contributed by atoms with E-state index in [-0.39, 0.29) is 18.4 Å². The molecular formula is C15H22N4O2. The van der Waals surface area contributed by atoms with Gasteiger partial charge in [-0.3, -0.25) is 14.9 Å². The van der Waals surface area contributed by atoms with Crippen molar-refractivity contribution in [1.29, 1.82) is 0 Å². The number of hydrogen-bond donors (Lipinski definition) is 4. The molecule has 0 bridgehead atoms. The van der Waals surface area contributed by atoms with Gasteiger partial charge in [0.05, 0.1) is 12.6 Å². The summed E-state index contributed by atoms with van der Waals surface area (Å²) in [6, 6.07) is 9.38. The third-order valence-corrected chi connectivity index (χ3v) is 3.33. The molecule has 1 fully saturated rings. The second kappa shape index (κ2) is 8.39. The maximum Gasteiger partial charge on any atom is 0.237 e. The molecule has 0 radical (unpaired) electrons. The summed E-state index contributed by atoms with van der Waals surface area (Å²) in [6.45, 7) is 2.72. The molecule has 1 aliphatic heterocycles. The van der Waals surface area contributed by atoms with Crippen molar-refractivity contribution >= 4 is 11.8 Å². The molecule has 0 spiro atoms. The average Bonchev–Trinajstić information content (AvgIpc) is 2.50. The predicted molar refractivity (Wildman–Crippen MR) is 80.8 cm³/mol. The molecule has 1 atom stereocenters. The Morgan fingerprint density at radius 1 is 0.952 bits per heavy atom. The SMILES string of the molecule is O=C1CN[C@@H](Cc2ccccc2)C(=O)NCCNCCN1. The van der Waals surface area contributed by atoms with Crippen LogP contribution < -0.4 is 21.3 Å². The van der Waals surface area contributed by atoms with E-state index >= 15 is 0 Å². The normalized spacial score (nSPS) is 21.6. The van der Waals surface area contributed by atoms with Crippen molar-refractivity contribution in [2.45, 2.75) is 12.5 Å². The maximum atomic E-state index is 12.2. The molecule has 0 aromatic heterocycles. The molecule has 0 aliphatic carbocycles. The van der Waals surface area contributed by atoms with Gasteiger partial charge in [-0.2, -0.15) is 0 Å². The first-order valence-corrected chi connectivity index (χ1v) is 7.28. The van der Waals surface area contributed by atoms with Crippen molar-refractivity contribution in [2.75, 3.05) is 32.7 Å². The lowest BCUT2D eigenvalue weighted by Crippen LogP contribution is -2.51. The Balaban J connectivity index is 1.99. The van der Waals surface area contributed by atoms with Crippen LogP contribution in [0.4, 0.5) is 0 Å². The van der Waals surface area contributed by atoms with E-state index in [1.165, 1.54) is 0 Å². The minimum absolute atomic E-state index is 0.0750. The lowest BCUT2D eigenvalue weighted by molar-refractivity contribution is -0.123. The highest BCUT2D eigenvalue weighted by Crippen LogP contribution is 2.03. The van der Waals surface area contributed by atoms with Gasteiger partial charge in [-0.25, -0.2) is 0 Å². The second-order valence-electron chi connectivity index (χ2n) is 5.01. The van der Waals surface area contributed by atoms with Gasteiger partial charge in [-0.15, -0.1) is 0 Å². The van der Waals surface area contributed by atoms with Gasteiger partial charge >= 0.3 is 0 Å². The van der Waals surface area contributed by atoms with Crippen LogP contribution in [0, 0.1) is 0 Å². The zero-order valence-electron chi connectivity index (χ0n) is 12.0. The molecule has 1 aliphatic rings. The fraction of sp³-hybridized carbons (Fsp3) is 0.467. The van der Waals surface area contributed by atoms with Crippen LogP contribution in [0.5, 0.6) is 0 Å². The van der Waals surface area contributed by atoms with Gasteiger partial charge in [0.15, 0.2) is 0 Å².